The molecule has 18 heavy (non-hydrogen) atoms. The van der Waals surface area contributed by atoms with E-state index in [0.29, 0.717) is 38.0 Å². The van der Waals surface area contributed by atoms with Crippen LogP contribution in [-0.2, 0) is 10.2 Å². The molecule has 1 saturated heterocycles. The number of nitrogens with zero attached hydrogens (tertiary/aromatic N) is 1. The third kappa shape index (κ3) is 3.66. The van der Waals surface area contributed by atoms with Crippen molar-refractivity contribution < 1.29 is 8.42 Å². The lowest BCUT2D eigenvalue weighted by molar-refractivity contribution is 0.268. The van der Waals surface area contributed by atoms with E-state index in [2.05, 4.69) is 4.72 Å². The van der Waals surface area contributed by atoms with Gasteiger partial charge in [-0.3, -0.25) is 0 Å². The molecule has 6 heteroatoms. The molecule has 0 aromatic heterocycles. The first kappa shape index (κ1) is 14.2. The maximum atomic E-state index is 12.2. The lowest BCUT2D eigenvalue weighted by atomic mass is 10.0. The number of nitrogens with two attached hydrogens (primary N) is 1. The molecule has 5 nitrogen and oxygen atoms in total. The lowest BCUT2D eigenvalue weighted by Gasteiger charge is -2.31. The summed E-state index contributed by atoms with van der Waals surface area (Å²) in [5.74, 6) is 0.858. The van der Waals surface area contributed by atoms with Crippen molar-refractivity contribution in [1.29, 1.82) is 0 Å². The lowest BCUT2D eigenvalue weighted by Crippen LogP contribution is -2.48. The molecule has 1 aliphatic heterocycles. The number of nitrogens with one attached hydrogen (secondary N) is 1. The number of piperidine rings is 1. The predicted molar refractivity (Wildman–Crippen MR) is 72.2 cm³/mol. The quantitative estimate of drug-likeness (QED) is 0.775. The van der Waals surface area contributed by atoms with Crippen molar-refractivity contribution in [2.75, 3.05) is 26.2 Å². The molecule has 0 aromatic rings. The minimum absolute atomic E-state index is 0.321. The zero-order valence-corrected chi connectivity index (χ0v) is 11.8. The van der Waals surface area contributed by atoms with Crippen LogP contribution < -0.4 is 10.5 Å². The summed E-state index contributed by atoms with van der Waals surface area (Å²) in [4.78, 5) is 0. The molecule has 2 aliphatic rings. The van der Waals surface area contributed by atoms with Crippen molar-refractivity contribution in [3.8, 4) is 0 Å². The summed E-state index contributed by atoms with van der Waals surface area (Å²) < 4.78 is 28.7. The molecular weight excluding hydrogens is 250 g/mol. The highest BCUT2D eigenvalue weighted by atomic mass is 32.2. The fourth-order valence-corrected chi connectivity index (χ4v) is 4.37. The maximum absolute atomic E-state index is 12.2. The Kier molecular flexibility index (Phi) is 5.00. The summed E-state index contributed by atoms with van der Waals surface area (Å²) in [5, 5.41) is 0. The molecule has 0 amide bonds. The van der Waals surface area contributed by atoms with E-state index in [9.17, 15) is 8.42 Å². The smallest absolute Gasteiger partial charge is 0.279 e. The molecule has 106 valence electrons. The molecule has 3 N–H and O–H groups in total. The fourth-order valence-electron chi connectivity index (χ4n) is 2.97. The highest BCUT2D eigenvalue weighted by Crippen LogP contribution is 2.24. The number of rotatable bonds is 5. The van der Waals surface area contributed by atoms with Crippen LogP contribution in [0, 0.1) is 11.8 Å². The van der Waals surface area contributed by atoms with Crippen LogP contribution in [0.25, 0.3) is 0 Å². The average molecular weight is 275 g/mol. The van der Waals surface area contributed by atoms with E-state index in [-0.39, 0.29) is 0 Å². The standard InChI is InChI=1S/C12H25N3O2S/c13-8-12-6-3-7-15(10-12)18(16,17)14-9-11-4-1-2-5-11/h11-12,14H,1-10,13H2. The van der Waals surface area contributed by atoms with E-state index < -0.39 is 10.2 Å². The summed E-state index contributed by atoms with van der Waals surface area (Å²) in [7, 11) is -3.29. The van der Waals surface area contributed by atoms with Gasteiger partial charge in [-0.2, -0.15) is 12.7 Å². The van der Waals surface area contributed by atoms with Gasteiger partial charge < -0.3 is 5.73 Å². The molecule has 1 aliphatic carbocycles. The van der Waals surface area contributed by atoms with Gasteiger partial charge >= 0.3 is 0 Å². The Bertz CT molecular complexity index is 352. The Labute approximate surface area is 110 Å². The molecule has 0 bridgehead atoms. The molecule has 1 saturated carbocycles. The molecular formula is C12H25N3O2S. The van der Waals surface area contributed by atoms with Crippen LogP contribution in [0.1, 0.15) is 38.5 Å². The summed E-state index contributed by atoms with van der Waals surface area (Å²) in [5.41, 5.74) is 5.64. The molecule has 1 heterocycles. The van der Waals surface area contributed by atoms with Gasteiger partial charge in [-0.15, -0.1) is 0 Å². The highest BCUT2D eigenvalue weighted by Gasteiger charge is 2.28. The van der Waals surface area contributed by atoms with E-state index in [0.717, 1.165) is 25.7 Å². The average Bonchev–Trinajstić information content (AvgIpc) is 2.90. The Morgan fingerprint density at radius 3 is 2.44 bits per heavy atom. The topological polar surface area (TPSA) is 75.4 Å². The largest absolute Gasteiger partial charge is 0.330 e. The van der Waals surface area contributed by atoms with Gasteiger partial charge in [0.2, 0.25) is 0 Å². The summed E-state index contributed by atoms with van der Waals surface area (Å²) in [6.07, 6.45) is 6.77. The van der Waals surface area contributed by atoms with Crippen molar-refractivity contribution >= 4 is 10.2 Å². The third-order valence-corrected chi connectivity index (χ3v) is 5.73. The van der Waals surface area contributed by atoms with Crippen LogP contribution in [0.5, 0.6) is 0 Å². The normalized spacial score (nSPS) is 27.7. The fraction of sp³-hybridized carbons (Fsp3) is 1.00. The van der Waals surface area contributed by atoms with Crippen LogP contribution >= 0.6 is 0 Å². The molecule has 2 rings (SSSR count). The van der Waals surface area contributed by atoms with Gasteiger partial charge in [-0.05, 0) is 44.1 Å². The van der Waals surface area contributed by atoms with Crippen LogP contribution in [0.15, 0.2) is 0 Å². The SMILES string of the molecule is NCC1CCCN(S(=O)(=O)NCC2CCCC2)C1. The van der Waals surface area contributed by atoms with Gasteiger partial charge in [0.05, 0.1) is 0 Å². The minimum atomic E-state index is -3.29. The van der Waals surface area contributed by atoms with Crippen molar-refractivity contribution in [3.05, 3.63) is 0 Å². The molecule has 1 atom stereocenters. The summed E-state index contributed by atoms with van der Waals surface area (Å²) >= 11 is 0. The van der Waals surface area contributed by atoms with Crippen LogP contribution in [-0.4, -0.2) is 38.9 Å². The zero-order valence-electron chi connectivity index (χ0n) is 11.0. The first-order chi connectivity index (χ1) is 8.62. The highest BCUT2D eigenvalue weighted by molar-refractivity contribution is 7.87. The number of hydrogen-bond donors (Lipinski definition) is 2. The Morgan fingerprint density at radius 1 is 1.11 bits per heavy atom. The predicted octanol–water partition coefficient (Wildman–Crippen LogP) is 0.682. The van der Waals surface area contributed by atoms with Crippen molar-refractivity contribution in [2.24, 2.45) is 17.6 Å². The van der Waals surface area contributed by atoms with Gasteiger partial charge in [-0.1, -0.05) is 12.8 Å². The van der Waals surface area contributed by atoms with Crippen LogP contribution in [0.2, 0.25) is 0 Å². The molecule has 0 spiro atoms. The first-order valence-corrected chi connectivity index (χ1v) is 8.50. The third-order valence-electron chi connectivity index (χ3n) is 4.18. The van der Waals surface area contributed by atoms with Crippen molar-refractivity contribution in [3.63, 3.8) is 0 Å². The molecule has 2 fully saturated rings. The van der Waals surface area contributed by atoms with E-state index >= 15 is 0 Å². The molecule has 1 unspecified atom stereocenters. The van der Waals surface area contributed by atoms with E-state index in [4.69, 9.17) is 5.73 Å². The van der Waals surface area contributed by atoms with Gasteiger partial charge in [0.1, 0.15) is 0 Å². The van der Waals surface area contributed by atoms with Crippen molar-refractivity contribution in [1.82, 2.24) is 9.03 Å². The number of hydrogen-bond acceptors (Lipinski definition) is 3. The van der Waals surface area contributed by atoms with E-state index in [1.54, 1.807) is 4.31 Å². The van der Waals surface area contributed by atoms with Gasteiger partial charge in [0, 0.05) is 19.6 Å². The second-order valence-corrected chi connectivity index (χ2v) is 7.36. The van der Waals surface area contributed by atoms with Gasteiger partial charge in [0.25, 0.3) is 10.2 Å². The molecule has 0 aromatic carbocycles. The maximum Gasteiger partial charge on any atom is 0.279 e. The summed E-state index contributed by atoms with van der Waals surface area (Å²) in [6, 6.07) is 0. The second kappa shape index (κ2) is 6.32. The van der Waals surface area contributed by atoms with Crippen molar-refractivity contribution in [2.45, 2.75) is 38.5 Å². The molecule has 0 radical (unpaired) electrons. The van der Waals surface area contributed by atoms with E-state index in [1.807, 2.05) is 0 Å². The minimum Gasteiger partial charge on any atom is -0.330 e. The van der Waals surface area contributed by atoms with Gasteiger partial charge in [-0.25, -0.2) is 4.72 Å². The van der Waals surface area contributed by atoms with Gasteiger partial charge in [0.15, 0.2) is 0 Å². The Balaban J connectivity index is 1.84. The zero-order chi connectivity index (χ0) is 13.0. The summed E-state index contributed by atoms with van der Waals surface area (Å²) in [6.45, 7) is 2.40. The second-order valence-electron chi connectivity index (χ2n) is 5.61. The Hall–Kier alpha value is -0.170. The van der Waals surface area contributed by atoms with Crippen LogP contribution in [0.4, 0.5) is 0 Å². The van der Waals surface area contributed by atoms with E-state index in [1.165, 1.54) is 12.8 Å². The first-order valence-electron chi connectivity index (χ1n) is 7.06. The van der Waals surface area contributed by atoms with Crippen LogP contribution in [0.3, 0.4) is 0 Å². The monoisotopic (exact) mass is 275 g/mol. The Morgan fingerprint density at radius 2 is 1.78 bits per heavy atom.